The molecule has 0 aromatic heterocycles. The van der Waals surface area contributed by atoms with Crippen LogP contribution in [0.25, 0.3) is 4.85 Å². The third-order valence-corrected chi connectivity index (χ3v) is 5.80. The number of rotatable bonds is 3. The highest BCUT2D eigenvalue weighted by atomic mass is 35.5. The fraction of sp³-hybridized carbons (Fsp3) is 0.130. The molecule has 150 valence electrons. The van der Waals surface area contributed by atoms with Crippen molar-refractivity contribution in [3.8, 4) is 0 Å². The monoisotopic (exact) mass is 437 g/mol. The van der Waals surface area contributed by atoms with E-state index in [-0.39, 0.29) is 0 Å². The van der Waals surface area contributed by atoms with Gasteiger partial charge in [-0.15, -0.1) is 0 Å². The van der Waals surface area contributed by atoms with Crippen LogP contribution in [0.3, 0.4) is 0 Å². The second-order valence-electron chi connectivity index (χ2n) is 7.01. The van der Waals surface area contributed by atoms with Crippen LogP contribution < -0.4 is 9.80 Å². The Morgan fingerprint density at radius 1 is 0.967 bits per heavy atom. The topological polar surface area (TPSA) is 48.1 Å². The minimum absolute atomic E-state index is 0.376. The summed E-state index contributed by atoms with van der Waals surface area (Å²) in [7, 11) is 0. The predicted molar refractivity (Wildman–Crippen MR) is 119 cm³/mol. The third kappa shape index (κ3) is 3.20. The molecule has 1 aliphatic rings. The van der Waals surface area contributed by atoms with Crippen LogP contribution in [0.5, 0.6) is 0 Å². The van der Waals surface area contributed by atoms with Crippen LogP contribution in [-0.4, -0.2) is 17.2 Å². The molecule has 0 saturated carbocycles. The summed E-state index contributed by atoms with van der Waals surface area (Å²) < 4.78 is 0. The van der Waals surface area contributed by atoms with Crippen LogP contribution in [0.1, 0.15) is 12.5 Å². The molecule has 2 amide bonds. The first-order valence-electron chi connectivity index (χ1n) is 9.21. The number of halogens is 2. The summed E-state index contributed by atoms with van der Waals surface area (Å²) >= 11 is 12.0. The van der Waals surface area contributed by atoms with E-state index in [0.717, 1.165) is 0 Å². The molecule has 0 radical (unpaired) electrons. The molecule has 1 heterocycles. The molecule has 2 atom stereocenters. The Morgan fingerprint density at radius 2 is 1.53 bits per heavy atom. The minimum atomic E-state index is -1.72. The summed E-state index contributed by atoms with van der Waals surface area (Å²) in [4.78, 5) is 19.9. The molecule has 1 N–H and O–H groups in total. The van der Waals surface area contributed by atoms with Crippen molar-refractivity contribution in [1.29, 1.82) is 0 Å². The maximum Gasteiger partial charge on any atom is 0.332 e. The summed E-state index contributed by atoms with van der Waals surface area (Å²) in [6.07, 6.45) is 0. The maximum atomic E-state index is 13.6. The number of nitrogens with zero attached hydrogens (tertiary/aromatic N) is 3. The first kappa shape index (κ1) is 20.2. The second kappa shape index (κ2) is 7.66. The summed E-state index contributed by atoms with van der Waals surface area (Å²) in [6, 6.07) is 19.2. The third-order valence-electron chi connectivity index (χ3n) is 5.30. The van der Waals surface area contributed by atoms with Gasteiger partial charge < -0.3 is 5.11 Å². The van der Waals surface area contributed by atoms with Crippen LogP contribution in [0.15, 0.2) is 72.8 Å². The van der Waals surface area contributed by atoms with Crippen molar-refractivity contribution < 1.29 is 9.90 Å². The van der Waals surface area contributed by atoms with Crippen molar-refractivity contribution in [2.24, 2.45) is 0 Å². The van der Waals surface area contributed by atoms with Gasteiger partial charge in [-0.05, 0) is 67.1 Å². The van der Waals surface area contributed by atoms with Gasteiger partial charge in [0.1, 0.15) is 0 Å². The zero-order valence-electron chi connectivity index (χ0n) is 16.0. The Labute approximate surface area is 184 Å². The molecular formula is C23H17Cl2N3O2. The molecular weight excluding hydrogens is 421 g/mol. The van der Waals surface area contributed by atoms with Crippen molar-refractivity contribution in [3.63, 3.8) is 0 Å². The highest BCUT2D eigenvalue weighted by molar-refractivity contribution is 6.31. The molecule has 0 spiro atoms. The van der Waals surface area contributed by atoms with Gasteiger partial charge in [-0.2, -0.15) is 0 Å². The van der Waals surface area contributed by atoms with Crippen LogP contribution in [0, 0.1) is 6.57 Å². The molecule has 4 rings (SSSR count). The standard InChI is InChI=1S/C23H17Cl2N3O2/c1-15-23(30,16-4-3-5-19(14-16)26-2)28(21-12-8-18(25)9-13-21)22(29)27(15)20-10-6-17(24)7-11-20/h3-15,30H,1H3/t15-,23?/m1/s1. The van der Waals surface area contributed by atoms with Crippen molar-refractivity contribution in [2.45, 2.75) is 18.7 Å². The minimum Gasteiger partial charge on any atom is -0.365 e. The Morgan fingerprint density at radius 3 is 2.10 bits per heavy atom. The van der Waals surface area contributed by atoms with Crippen LogP contribution in [0.4, 0.5) is 21.9 Å². The van der Waals surface area contributed by atoms with Gasteiger partial charge >= 0.3 is 6.03 Å². The van der Waals surface area contributed by atoms with Crippen molar-refractivity contribution in [3.05, 3.63) is 99.8 Å². The van der Waals surface area contributed by atoms with E-state index in [4.69, 9.17) is 29.8 Å². The molecule has 3 aromatic carbocycles. The normalized spacial score (nSPS) is 21.0. The predicted octanol–water partition coefficient (Wildman–Crippen LogP) is 6.22. The first-order valence-corrected chi connectivity index (χ1v) is 9.97. The lowest BCUT2D eigenvalue weighted by atomic mass is 9.94. The molecule has 1 unspecified atom stereocenters. The fourth-order valence-electron chi connectivity index (χ4n) is 3.79. The molecule has 3 aromatic rings. The van der Waals surface area contributed by atoms with E-state index in [1.54, 1.807) is 79.7 Å². The Hall–Kier alpha value is -3.04. The van der Waals surface area contributed by atoms with Crippen molar-refractivity contribution in [2.75, 3.05) is 9.80 Å². The first-order chi connectivity index (χ1) is 14.4. The van der Waals surface area contributed by atoms with Crippen LogP contribution >= 0.6 is 23.2 Å². The number of carbonyl (C=O) groups is 1. The van der Waals surface area contributed by atoms with Crippen molar-refractivity contribution >= 4 is 46.3 Å². The molecule has 0 bridgehead atoms. The zero-order chi connectivity index (χ0) is 21.5. The number of amides is 2. The zero-order valence-corrected chi connectivity index (χ0v) is 17.5. The smallest absolute Gasteiger partial charge is 0.332 e. The van der Waals surface area contributed by atoms with Gasteiger partial charge in [0.2, 0.25) is 0 Å². The largest absolute Gasteiger partial charge is 0.365 e. The lowest BCUT2D eigenvalue weighted by Gasteiger charge is -2.36. The highest BCUT2D eigenvalue weighted by Crippen LogP contribution is 2.45. The van der Waals surface area contributed by atoms with E-state index < -0.39 is 17.8 Å². The summed E-state index contributed by atoms with van der Waals surface area (Å²) in [5, 5.41) is 13.1. The molecule has 0 aliphatic carbocycles. The molecule has 5 nitrogen and oxygen atoms in total. The van der Waals surface area contributed by atoms with E-state index in [2.05, 4.69) is 4.85 Å². The molecule has 1 fully saturated rings. The SMILES string of the molecule is [C-]#[N+]c1cccc(C2(O)[C@@H](C)N(c3ccc(Cl)cc3)C(=O)N2c2ccc(Cl)cc2)c1. The van der Waals surface area contributed by atoms with Gasteiger partial charge in [-0.3, -0.25) is 9.80 Å². The molecule has 1 aliphatic heterocycles. The number of anilines is 2. The summed E-state index contributed by atoms with van der Waals surface area (Å²) in [5.74, 6) is 0. The van der Waals surface area contributed by atoms with E-state index in [0.29, 0.717) is 32.7 Å². The van der Waals surface area contributed by atoms with Gasteiger partial charge in [-0.25, -0.2) is 9.64 Å². The van der Waals surface area contributed by atoms with E-state index in [1.165, 1.54) is 9.80 Å². The quantitative estimate of drug-likeness (QED) is 0.494. The number of aliphatic hydroxyl groups is 1. The Bertz CT molecular complexity index is 1140. The Kier molecular flexibility index (Phi) is 5.17. The van der Waals surface area contributed by atoms with Gasteiger partial charge in [0.25, 0.3) is 0 Å². The number of hydrogen-bond acceptors (Lipinski definition) is 2. The van der Waals surface area contributed by atoms with Gasteiger partial charge in [-0.1, -0.05) is 41.4 Å². The second-order valence-corrected chi connectivity index (χ2v) is 7.88. The molecule has 30 heavy (non-hydrogen) atoms. The van der Waals surface area contributed by atoms with E-state index in [1.807, 2.05) is 0 Å². The fourth-order valence-corrected chi connectivity index (χ4v) is 4.05. The number of carbonyl (C=O) groups excluding carboxylic acids is 1. The summed E-state index contributed by atoms with van der Waals surface area (Å²) in [5.41, 5.74) is 0.201. The molecule has 1 saturated heterocycles. The van der Waals surface area contributed by atoms with Gasteiger partial charge in [0.15, 0.2) is 11.4 Å². The van der Waals surface area contributed by atoms with Crippen LogP contribution in [-0.2, 0) is 5.72 Å². The highest BCUT2D eigenvalue weighted by Gasteiger charge is 2.56. The van der Waals surface area contributed by atoms with E-state index >= 15 is 0 Å². The van der Waals surface area contributed by atoms with Crippen molar-refractivity contribution in [1.82, 2.24) is 0 Å². The lowest BCUT2D eigenvalue weighted by Crippen LogP contribution is -2.48. The average Bonchev–Trinajstić information content (AvgIpc) is 2.96. The lowest BCUT2D eigenvalue weighted by molar-refractivity contribution is 0.0373. The van der Waals surface area contributed by atoms with Gasteiger partial charge in [0.05, 0.1) is 12.6 Å². The van der Waals surface area contributed by atoms with Crippen LogP contribution in [0.2, 0.25) is 10.0 Å². The van der Waals surface area contributed by atoms with Gasteiger partial charge in [0, 0.05) is 21.4 Å². The number of urea groups is 1. The summed E-state index contributed by atoms with van der Waals surface area (Å²) in [6.45, 7) is 9.09. The molecule has 7 heteroatoms. The maximum absolute atomic E-state index is 13.6. The Balaban J connectivity index is 1.91. The van der Waals surface area contributed by atoms with E-state index in [9.17, 15) is 9.90 Å². The number of benzene rings is 3. The average molecular weight is 438 g/mol. The number of hydrogen-bond donors (Lipinski definition) is 1.